The van der Waals surface area contributed by atoms with Crippen LogP contribution in [0, 0.1) is 5.92 Å². The van der Waals surface area contributed by atoms with Crippen LogP contribution in [0.15, 0.2) is 34.9 Å². The van der Waals surface area contributed by atoms with E-state index in [1.54, 1.807) is 0 Å². The van der Waals surface area contributed by atoms with E-state index in [0.717, 1.165) is 44.5 Å². The molecule has 0 aliphatic carbocycles. The molecule has 0 aromatic carbocycles. The molecule has 3 heterocycles. The number of imidazole rings is 1. The Hall–Kier alpha value is -1.29. The van der Waals surface area contributed by atoms with Crippen LogP contribution in [0.2, 0.25) is 0 Å². The molecule has 1 fully saturated rings. The summed E-state index contributed by atoms with van der Waals surface area (Å²) in [6.45, 7) is 10.2. The fourth-order valence-corrected chi connectivity index (χ4v) is 3.93. The van der Waals surface area contributed by atoms with E-state index in [2.05, 4.69) is 67.2 Å². The predicted molar refractivity (Wildman–Crippen MR) is 121 cm³/mol. The van der Waals surface area contributed by atoms with E-state index in [1.807, 2.05) is 24.6 Å². The van der Waals surface area contributed by atoms with Gasteiger partial charge in [0, 0.05) is 52.2 Å². The number of anilines is 1. The average Bonchev–Trinajstić information content (AvgIpc) is 3.28. The number of thiophene rings is 1. The fourth-order valence-electron chi connectivity index (χ4n) is 3.15. The van der Waals surface area contributed by atoms with E-state index in [-0.39, 0.29) is 24.0 Å². The number of hydrogen-bond donors (Lipinski definition) is 1. The Bertz CT molecular complexity index is 674. The van der Waals surface area contributed by atoms with E-state index in [9.17, 15) is 0 Å². The van der Waals surface area contributed by atoms with Gasteiger partial charge in [-0.3, -0.25) is 4.99 Å². The zero-order valence-corrected chi connectivity index (χ0v) is 18.9. The zero-order chi connectivity index (χ0) is 17.6. The maximum atomic E-state index is 4.49. The molecule has 1 N–H and O–H groups in total. The summed E-state index contributed by atoms with van der Waals surface area (Å²) in [5.41, 5.74) is 0. The van der Waals surface area contributed by atoms with Crippen LogP contribution in [-0.2, 0) is 13.1 Å². The van der Waals surface area contributed by atoms with Crippen LogP contribution in [0.5, 0.6) is 0 Å². The van der Waals surface area contributed by atoms with Crippen molar-refractivity contribution in [2.75, 3.05) is 38.1 Å². The van der Waals surface area contributed by atoms with Gasteiger partial charge in [0.1, 0.15) is 5.82 Å². The highest BCUT2D eigenvalue weighted by Crippen LogP contribution is 2.22. The predicted octanol–water partition coefficient (Wildman–Crippen LogP) is 3.12. The minimum Gasteiger partial charge on any atom is -0.360 e. The first-order valence-electron chi connectivity index (χ1n) is 8.91. The smallest absolute Gasteiger partial charge is 0.194 e. The normalized spacial score (nSPS) is 15.3. The largest absolute Gasteiger partial charge is 0.360 e. The molecule has 0 radical (unpaired) electrons. The molecule has 0 atom stereocenters. The number of rotatable bonds is 5. The summed E-state index contributed by atoms with van der Waals surface area (Å²) >= 11 is 1.81. The number of hydrogen-bond acceptors (Lipinski definition) is 4. The zero-order valence-electron chi connectivity index (χ0n) is 15.8. The lowest BCUT2D eigenvalue weighted by Gasteiger charge is -2.37. The number of nitrogens with zero attached hydrogens (tertiary/aromatic N) is 5. The number of nitrogens with one attached hydrogen (secondary N) is 1. The molecule has 0 spiro atoms. The van der Waals surface area contributed by atoms with Crippen molar-refractivity contribution in [3.63, 3.8) is 0 Å². The monoisotopic (exact) mass is 488 g/mol. The Kier molecular flexibility index (Phi) is 8.20. The van der Waals surface area contributed by atoms with Crippen molar-refractivity contribution in [1.82, 2.24) is 19.8 Å². The summed E-state index contributed by atoms with van der Waals surface area (Å²) in [4.78, 5) is 13.7. The second-order valence-corrected chi connectivity index (χ2v) is 7.64. The van der Waals surface area contributed by atoms with Gasteiger partial charge in [-0.2, -0.15) is 0 Å². The van der Waals surface area contributed by atoms with Gasteiger partial charge in [0.2, 0.25) is 0 Å². The second-order valence-electron chi connectivity index (χ2n) is 6.72. The van der Waals surface area contributed by atoms with Crippen LogP contribution in [0.1, 0.15) is 19.7 Å². The maximum absolute atomic E-state index is 4.49. The topological polar surface area (TPSA) is 48.7 Å². The van der Waals surface area contributed by atoms with Crippen LogP contribution in [0.25, 0.3) is 0 Å². The van der Waals surface area contributed by atoms with E-state index in [0.29, 0.717) is 12.5 Å². The molecule has 144 valence electrons. The van der Waals surface area contributed by atoms with Crippen LogP contribution in [0.3, 0.4) is 0 Å². The van der Waals surface area contributed by atoms with Crippen molar-refractivity contribution in [1.29, 1.82) is 0 Å². The highest BCUT2D eigenvalue weighted by atomic mass is 127. The molecule has 8 heteroatoms. The first-order chi connectivity index (χ1) is 12.2. The van der Waals surface area contributed by atoms with E-state index >= 15 is 0 Å². The van der Waals surface area contributed by atoms with E-state index < -0.39 is 0 Å². The highest BCUT2D eigenvalue weighted by Gasteiger charge is 2.20. The summed E-state index contributed by atoms with van der Waals surface area (Å²) in [6, 6.07) is 4.31. The van der Waals surface area contributed by atoms with Crippen molar-refractivity contribution in [2.24, 2.45) is 10.9 Å². The number of aliphatic imine (C=N–C) groups is 1. The SMILES string of the molecule is CN=C(NCc1nccn1CC(C)C)N1CCN(c2cccs2)CC1.I. The average molecular weight is 488 g/mol. The molecule has 2 aromatic heterocycles. The molecule has 1 saturated heterocycles. The summed E-state index contributed by atoms with van der Waals surface area (Å²) < 4.78 is 2.22. The Morgan fingerprint density at radius 3 is 2.69 bits per heavy atom. The Balaban J connectivity index is 0.00000243. The molecule has 3 rings (SSSR count). The minimum absolute atomic E-state index is 0. The third kappa shape index (κ3) is 5.35. The van der Waals surface area contributed by atoms with Crippen molar-refractivity contribution >= 4 is 46.3 Å². The molecule has 0 unspecified atom stereocenters. The van der Waals surface area contributed by atoms with Gasteiger partial charge in [0.25, 0.3) is 0 Å². The minimum atomic E-state index is 0. The van der Waals surface area contributed by atoms with Gasteiger partial charge in [0.05, 0.1) is 11.5 Å². The number of guanidine groups is 1. The van der Waals surface area contributed by atoms with Crippen LogP contribution >= 0.6 is 35.3 Å². The molecule has 0 saturated carbocycles. The summed E-state index contributed by atoms with van der Waals surface area (Å²) in [5.74, 6) is 2.63. The summed E-state index contributed by atoms with van der Waals surface area (Å²) in [7, 11) is 1.86. The molecule has 2 aromatic rings. The van der Waals surface area contributed by atoms with Crippen molar-refractivity contribution in [2.45, 2.75) is 26.9 Å². The molecular weight excluding hydrogens is 459 g/mol. The Morgan fingerprint density at radius 1 is 1.31 bits per heavy atom. The van der Waals surface area contributed by atoms with Gasteiger partial charge in [-0.05, 0) is 23.4 Å². The molecule has 26 heavy (non-hydrogen) atoms. The first kappa shape index (κ1) is 21.0. The standard InChI is InChI=1S/C18H28N6S.HI/c1-15(2)14-24-7-6-20-16(24)13-21-18(19-3)23-10-8-22(9-11-23)17-5-4-12-25-17;/h4-7,12,15H,8-11,13-14H2,1-3H3,(H,19,21);1H. The van der Waals surface area contributed by atoms with Gasteiger partial charge in [-0.1, -0.05) is 13.8 Å². The third-order valence-corrected chi connectivity index (χ3v) is 5.31. The highest BCUT2D eigenvalue weighted by molar-refractivity contribution is 14.0. The fraction of sp³-hybridized carbons (Fsp3) is 0.556. The first-order valence-corrected chi connectivity index (χ1v) is 9.79. The quantitative estimate of drug-likeness (QED) is 0.399. The molecule has 6 nitrogen and oxygen atoms in total. The lowest BCUT2D eigenvalue weighted by Crippen LogP contribution is -2.52. The molecule has 1 aliphatic rings. The lowest BCUT2D eigenvalue weighted by atomic mass is 10.2. The second kappa shape index (κ2) is 10.1. The summed E-state index contributed by atoms with van der Waals surface area (Å²) in [5, 5.41) is 6.98. The third-order valence-electron chi connectivity index (χ3n) is 4.38. The molecule has 0 amide bonds. The van der Waals surface area contributed by atoms with E-state index in [4.69, 9.17) is 0 Å². The van der Waals surface area contributed by atoms with E-state index in [1.165, 1.54) is 5.00 Å². The summed E-state index contributed by atoms with van der Waals surface area (Å²) in [6.07, 6.45) is 3.93. The maximum Gasteiger partial charge on any atom is 0.194 e. The van der Waals surface area contributed by atoms with Gasteiger partial charge >= 0.3 is 0 Å². The van der Waals surface area contributed by atoms with Crippen LogP contribution in [0.4, 0.5) is 5.00 Å². The molecular formula is C18H29IN6S. The van der Waals surface area contributed by atoms with Gasteiger partial charge < -0.3 is 19.7 Å². The number of halogens is 1. The van der Waals surface area contributed by atoms with Crippen LogP contribution < -0.4 is 10.2 Å². The molecule has 0 bridgehead atoms. The van der Waals surface area contributed by atoms with Gasteiger partial charge in [0.15, 0.2) is 5.96 Å². The van der Waals surface area contributed by atoms with Crippen molar-refractivity contribution < 1.29 is 0 Å². The lowest BCUT2D eigenvalue weighted by molar-refractivity contribution is 0.372. The number of piperazine rings is 1. The Labute approximate surface area is 177 Å². The Morgan fingerprint density at radius 2 is 2.08 bits per heavy atom. The van der Waals surface area contributed by atoms with Crippen molar-refractivity contribution in [3.05, 3.63) is 35.7 Å². The number of aromatic nitrogens is 2. The molecule has 1 aliphatic heterocycles. The van der Waals surface area contributed by atoms with Crippen LogP contribution in [-0.4, -0.2) is 53.6 Å². The van der Waals surface area contributed by atoms with Crippen molar-refractivity contribution in [3.8, 4) is 0 Å². The van der Waals surface area contributed by atoms with Gasteiger partial charge in [-0.25, -0.2) is 4.98 Å². The van der Waals surface area contributed by atoms with Gasteiger partial charge in [-0.15, -0.1) is 35.3 Å².